The smallest absolute Gasteiger partial charge is 0.306 e. The SMILES string of the molecule is CC1(C)CC(=O)OCC1N. The molecule has 3 heteroatoms. The first-order valence-corrected chi connectivity index (χ1v) is 3.43. The van der Waals surface area contributed by atoms with E-state index in [0.717, 1.165) is 0 Å². The van der Waals surface area contributed by atoms with Crippen LogP contribution < -0.4 is 5.73 Å². The van der Waals surface area contributed by atoms with E-state index in [2.05, 4.69) is 0 Å². The molecule has 1 saturated heterocycles. The summed E-state index contributed by atoms with van der Waals surface area (Å²) in [4.78, 5) is 10.7. The Bertz CT molecular complexity index is 154. The summed E-state index contributed by atoms with van der Waals surface area (Å²) in [6.45, 7) is 4.34. The minimum absolute atomic E-state index is 0.00907. The second-order valence-corrected chi connectivity index (χ2v) is 3.45. The van der Waals surface area contributed by atoms with Crippen molar-refractivity contribution in [3.63, 3.8) is 0 Å². The van der Waals surface area contributed by atoms with E-state index in [1.807, 2.05) is 13.8 Å². The maximum absolute atomic E-state index is 10.7. The summed E-state index contributed by atoms with van der Waals surface area (Å²) in [5.41, 5.74) is 5.61. The first-order chi connectivity index (χ1) is 4.52. The summed E-state index contributed by atoms with van der Waals surface area (Å²) < 4.78 is 4.76. The van der Waals surface area contributed by atoms with Crippen LogP contribution in [0.5, 0.6) is 0 Å². The molecule has 1 aliphatic rings. The van der Waals surface area contributed by atoms with Crippen LogP contribution in [0.25, 0.3) is 0 Å². The normalized spacial score (nSPS) is 31.5. The van der Waals surface area contributed by atoms with E-state index in [9.17, 15) is 4.79 Å². The van der Waals surface area contributed by atoms with Crippen molar-refractivity contribution in [1.82, 2.24) is 0 Å². The van der Waals surface area contributed by atoms with Crippen LogP contribution in [0.15, 0.2) is 0 Å². The molecule has 1 atom stereocenters. The second kappa shape index (κ2) is 2.23. The van der Waals surface area contributed by atoms with Crippen LogP contribution in [0, 0.1) is 5.41 Å². The van der Waals surface area contributed by atoms with Crippen molar-refractivity contribution >= 4 is 5.97 Å². The molecule has 1 fully saturated rings. The van der Waals surface area contributed by atoms with Gasteiger partial charge in [-0.05, 0) is 5.41 Å². The van der Waals surface area contributed by atoms with Crippen LogP contribution in [0.3, 0.4) is 0 Å². The fourth-order valence-corrected chi connectivity index (χ4v) is 0.962. The Morgan fingerprint density at radius 2 is 2.30 bits per heavy atom. The molecule has 0 aliphatic carbocycles. The maximum atomic E-state index is 10.7. The van der Waals surface area contributed by atoms with Gasteiger partial charge in [0.25, 0.3) is 0 Å². The van der Waals surface area contributed by atoms with Crippen LogP contribution in [0.4, 0.5) is 0 Å². The highest BCUT2D eigenvalue weighted by atomic mass is 16.5. The molecule has 1 unspecified atom stereocenters. The van der Waals surface area contributed by atoms with Crippen molar-refractivity contribution in [3.05, 3.63) is 0 Å². The van der Waals surface area contributed by atoms with Crippen molar-refractivity contribution in [1.29, 1.82) is 0 Å². The van der Waals surface area contributed by atoms with Gasteiger partial charge in [-0.2, -0.15) is 0 Å². The Hall–Kier alpha value is -0.570. The first-order valence-electron chi connectivity index (χ1n) is 3.43. The lowest BCUT2D eigenvalue weighted by Crippen LogP contribution is -2.47. The van der Waals surface area contributed by atoms with Crippen molar-refractivity contribution < 1.29 is 9.53 Å². The van der Waals surface area contributed by atoms with E-state index in [4.69, 9.17) is 10.5 Å². The average molecular weight is 143 g/mol. The minimum Gasteiger partial charge on any atom is -0.464 e. The fourth-order valence-electron chi connectivity index (χ4n) is 0.962. The van der Waals surface area contributed by atoms with Gasteiger partial charge in [-0.25, -0.2) is 0 Å². The van der Waals surface area contributed by atoms with Gasteiger partial charge in [-0.3, -0.25) is 4.79 Å². The lowest BCUT2D eigenvalue weighted by Gasteiger charge is -2.34. The predicted molar refractivity (Wildman–Crippen MR) is 37.3 cm³/mol. The van der Waals surface area contributed by atoms with Gasteiger partial charge in [0.2, 0.25) is 0 Å². The predicted octanol–water partition coefficient (Wildman–Crippen LogP) is 0.287. The van der Waals surface area contributed by atoms with Gasteiger partial charge in [0, 0.05) is 6.04 Å². The molecular formula is C7H13NO2. The summed E-state index contributed by atoms with van der Waals surface area (Å²) in [7, 11) is 0. The zero-order valence-electron chi connectivity index (χ0n) is 6.39. The van der Waals surface area contributed by atoms with E-state index >= 15 is 0 Å². The molecule has 1 aliphatic heterocycles. The van der Waals surface area contributed by atoms with Gasteiger partial charge in [-0.1, -0.05) is 13.8 Å². The monoisotopic (exact) mass is 143 g/mol. The maximum Gasteiger partial charge on any atom is 0.306 e. The van der Waals surface area contributed by atoms with Gasteiger partial charge in [-0.15, -0.1) is 0 Å². The number of carbonyl (C=O) groups is 1. The highest BCUT2D eigenvalue weighted by Gasteiger charge is 2.34. The van der Waals surface area contributed by atoms with E-state index in [1.165, 1.54) is 0 Å². The van der Waals surface area contributed by atoms with E-state index < -0.39 is 0 Å². The highest BCUT2D eigenvalue weighted by molar-refractivity contribution is 5.71. The minimum atomic E-state index is -0.133. The van der Waals surface area contributed by atoms with Crippen molar-refractivity contribution in [3.8, 4) is 0 Å². The lowest BCUT2D eigenvalue weighted by molar-refractivity contribution is -0.153. The van der Waals surface area contributed by atoms with Crippen LogP contribution in [-0.4, -0.2) is 18.6 Å². The molecule has 0 amide bonds. The first kappa shape index (κ1) is 7.54. The number of carbonyl (C=O) groups excluding carboxylic acids is 1. The number of esters is 1. The quantitative estimate of drug-likeness (QED) is 0.496. The molecule has 1 heterocycles. The van der Waals surface area contributed by atoms with Gasteiger partial charge < -0.3 is 10.5 Å². The molecule has 0 aromatic carbocycles. The summed E-state index contributed by atoms with van der Waals surface area (Å²) in [6.07, 6.45) is 0.439. The van der Waals surface area contributed by atoms with E-state index in [-0.39, 0.29) is 17.4 Å². The van der Waals surface area contributed by atoms with Gasteiger partial charge in [0.05, 0.1) is 6.42 Å². The third kappa shape index (κ3) is 1.29. The fraction of sp³-hybridized carbons (Fsp3) is 0.857. The highest BCUT2D eigenvalue weighted by Crippen LogP contribution is 2.28. The number of hydrogen-bond acceptors (Lipinski definition) is 3. The number of rotatable bonds is 0. The van der Waals surface area contributed by atoms with Gasteiger partial charge >= 0.3 is 5.97 Å². The Kier molecular flexibility index (Phi) is 1.68. The molecule has 2 N–H and O–H groups in total. The molecule has 10 heavy (non-hydrogen) atoms. The van der Waals surface area contributed by atoms with E-state index in [1.54, 1.807) is 0 Å². The topological polar surface area (TPSA) is 52.3 Å². The second-order valence-electron chi connectivity index (χ2n) is 3.45. The molecule has 1 rings (SSSR count). The molecule has 58 valence electrons. The lowest BCUT2D eigenvalue weighted by atomic mass is 9.81. The van der Waals surface area contributed by atoms with Gasteiger partial charge in [0.1, 0.15) is 6.61 Å². The van der Waals surface area contributed by atoms with Crippen LogP contribution >= 0.6 is 0 Å². The van der Waals surface area contributed by atoms with Crippen LogP contribution in [0.2, 0.25) is 0 Å². The number of ether oxygens (including phenoxy) is 1. The summed E-state index contributed by atoms with van der Waals surface area (Å²) in [5.74, 6) is -0.133. The van der Waals surface area contributed by atoms with Crippen LogP contribution in [-0.2, 0) is 9.53 Å². The molecule has 0 spiro atoms. The molecule has 0 saturated carbocycles. The third-order valence-electron chi connectivity index (χ3n) is 2.03. The molecule has 3 nitrogen and oxygen atoms in total. The molecule has 0 aromatic heterocycles. The molecule has 0 aromatic rings. The average Bonchev–Trinajstić information content (AvgIpc) is 1.78. The molecule has 0 bridgehead atoms. The standard InChI is InChI=1S/C7H13NO2/c1-7(2)3-6(9)10-4-5(7)8/h5H,3-4,8H2,1-2H3. The Morgan fingerprint density at radius 1 is 1.70 bits per heavy atom. The molecular weight excluding hydrogens is 130 g/mol. The third-order valence-corrected chi connectivity index (χ3v) is 2.03. The van der Waals surface area contributed by atoms with E-state index in [0.29, 0.717) is 13.0 Å². The van der Waals surface area contributed by atoms with Crippen molar-refractivity contribution in [2.75, 3.05) is 6.61 Å². The Labute approximate surface area is 60.5 Å². The Morgan fingerprint density at radius 3 is 2.70 bits per heavy atom. The number of cyclic esters (lactones) is 1. The van der Waals surface area contributed by atoms with Crippen molar-refractivity contribution in [2.24, 2.45) is 11.1 Å². The Balaban J connectivity index is 2.63. The van der Waals surface area contributed by atoms with Crippen LogP contribution in [0.1, 0.15) is 20.3 Å². The van der Waals surface area contributed by atoms with Crippen molar-refractivity contribution in [2.45, 2.75) is 26.3 Å². The summed E-state index contributed by atoms with van der Waals surface area (Å²) in [5, 5.41) is 0. The molecule has 0 radical (unpaired) electrons. The zero-order valence-corrected chi connectivity index (χ0v) is 6.39. The van der Waals surface area contributed by atoms with Gasteiger partial charge in [0.15, 0.2) is 0 Å². The summed E-state index contributed by atoms with van der Waals surface area (Å²) in [6, 6.07) is -0.00907. The largest absolute Gasteiger partial charge is 0.464 e. The number of hydrogen-bond donors (Lipinski definition) is 1. The zero-order chi connectivity index (χ0) is 7.78. The number of nitrogens with two attached hydrogens (primary N) is 1. The summed E-state index contributed by atoms with van der Waals surface area (Å²) >= 11 is 0.